The largest absolute Gasteiger partial charge is 0.454 e. The van der Waals surface area contributed by atoms with E-state index < -0.39 is 11.7 Å². The van der Waals surface area contributed by atoms with E-state index in [-0.39, 0.29) is 22.9 Å². The molecule has 2 aromatic carbocycles. The molecule has 2 aliphatic heterocycles. The second kappa shape index (κ2) is 8.88. The van der Waals surface area contributed by atoms with Crippen molar-refractivity contribution in [1.29, 1.82) is 0 Å². The number of alkyl halides is 3. The van der Waals surface area contributed by atoms with Gasteiger partial charge in [-0.2, -0.15) is 13.2 Å². The fourth-order valence-corrected chi connectivity index (χ4v) is 4.49. The Labute approximate surface area is 204 Å². The topological polar surface area (TPSA) is 58.0 Å². The molecule has 0 aliphatic carbocycles. The number of piperazine rings is 1. The predicted octanol–water partition coefficient (Wildman–Crippen LogP) is 5.78. The third-order valence-corrected chi connectivity index (χ3v) is 6.34. The number of amides is 1. The average Bonchev–Trinajstić information content (AvgIpc) is 2.99. The molecule has 1 amide bonds. The first kappa shape index (κ1) is 23.2. The number of fused-ring (bicyclic) bond motifs is 2. The quantitative estimate of drug-likeness (QED) is 0.397. The number of nitrogens with zero attached hydrogens (tertiary/aromatic N) is 4. The van der Waals surface area contributed by atoms with Crippen LogP contribution in [-0.4, -0.2) is 52.2 Å². The van der Waals surface area contributed by atoms with Crippen LogP contribution >= 0.6 is 11.6 Å². The van der Waals surface area contributed by atoms with Crippen molar-refractivity contribution in [2.45, 2.75) is 19.1 Å². The molecule has 1 unspecified atom stereocenters. The standard InChI is InChI=1S/C25H20ClF3N4O2/c1-15-14-32(11-12-33(15)24(34)18-6-4-10-30-22(18)26)23-17-5-2-3-7-20(17)35-21-13-16(25(27,28)29)8-9-19(21)31-23/h2-10,13,15H,11-12,14H2,1H3. The van der Waals surface area contributed by atoms with E-state index in [1.807, 2.05) is 24.0 Å². The van der Waals surface area contributed by atoms with E-state index in [1.54, 1.807) is 29.2 Å². The van der Waals surface area contributed by atoms with E-state index in [9.17, 15) is 18.0 Å². The molecule has 0 radical (unpaired) electrons. The zero-order chi connectivity index (χ0) is 24.7. The molecular weight excluding hydrogens is 481 g/mol. The van der Waals surface area contributed by atoms with Crippen molar-refractivity contribution in [3.05, 3.63) is 82.6 Å². The van der Waals surface area contributed by atoms with Gasteiger partial charge >= 0.3 is 6.18 Å². The maximum absolute atomic E-state index is 13.3. The van der Waals surface area contributed by atoms with E-state index >= 15 is 0 Å². The van der Waals surface area contributed by atoms with Crippen LogP contribution in [0.4, 0.5) is 18.9 Å². The van der Waals surface area contributed by atoms with Crippen molar-refractivity contribution in [2.24, 2.45) is 4.99 Å². The molecule has 0 N–H and O–H groups in total. The van der Waals surface area contributed by atoms with Gasteiger partial charge < -0.3 is 14.5 Å². The molecule has 0 saturated carbocycles. The SMILES string of the molecule is CC1CN(C2=Nc3ccc(C(F)(F)F)cc3Oc3ccccc32)CCN1C(=O)c1cccnc1Cl. The number of carbonyl (C=O) groups excluding carboxylic acids is 1. The smallest absolute Gasteiger partial charge is 0.416 e. The number of amidine groups is 1. The van der Waals surface area contributed by atoms with Crippen LogP contribution in [-0.2, 0) is 6.18 Å². The summed E-state index contributed by atoms with van der Waals surface area (Å²) in [6.45, 7) is 3.27. The first-order valence-corrected chi connectivity index (χ1v) is 11.3. The lowest BCUT2D eigenvalue weighted by atomic mass is 10.1. The number of pyridine rings is 1. The first-order chi connectivity index (χ1) is 16.7. The Bertz CT molecular complexity index is 1330. The Hall–Kier alpha value is -3.59. The second-order valence-electron chi connectivity index (χ2n) is 8.35. The highest BCUT2D eigenvalue weighted by Crippen LogP contribution is 2.42. The fourth-order valence-electron chi connectivity index (χ4n) is 4.29. The van der Waals surface area contributed by atoms with Crippen molar-refractivity contribution in [1.82, 2.24) is 14.8 Å². The van der Waals surface area contributed by atoms with Gasteiger partial charge in [-0.1, -0.05) is 23.7 Å². The maximum atomic E-state index is 13.3. The molecule has 5 rings (SSSR count). The summed E-state index contributed by atoms with van der Waals surface area (Å²) >= 11 is 6.13. The minimum Gasteiger partial charge on any atom is -0.454 e. The highest BCUT2D eigenvalue weighted by Gasteiger charge is 2.34. The Morgan fingerprint density at radius 2 is 1.89 bits per heavy atom. The molecule has 1 aromatic heterocycles. The van der Waals surface area contributed by atoms with E-state index in [1.165, 1.54) is 12.3 Å². The molecule has 10 heteroatoms. The highest BCUT2D eigenvalue weighted by atomic mass is 35.5. The van der Waals surface area contributed by atoms with Gasteiger partial charge in [0.25, 0.3) is 5.91 Å². The third kappa shape index (κ3) is 4.43. The molecule has 180 valence electrons. The summed E-state index contributed by atoms with van der Waals surface area (Å²) in [5, 5.41) is 0.154. The number of para-hydroxylation sites is 1. The first-order valence-electron chi connectivity index (χ1n) is 11.0. The lowest BCUT2D eigenvalue weighted by Crippen LogP contribution is -2.55. The number of aromatic nitrogens is 1. The number of hydrogen-bond donors (Lipinski definition) is 0. The molecule has 1 fully saturated rings. The zero-order valence-corrected chi connectivity index (χ0v) is 19.3. The van der Waals surface area contributed by atoms with Gasteiger partial charge in [0.05, 0.1) is 16.7 Å². The molecule has 2 aliphatic rings. The molecule has 6 nitrogen and oxygen atoms in total. The number of benzene rings is 2. The van der Waals surface area contributed by atoms with E-state index in [0.717, 1.165) is 12.1 Å². The van der Waals surface area contributed by atoms with Gasteiger partial charge in [-0.05, 0) is 49.4 Å². The average molecular weight is 501 g/mol. The van der Waals surface area contributed by atoms with E-state index in [4.69, 9.17) is 21.3 Å². The van der Waals surface area contributed by atoms with Gasteiger partial charge in [-0.15, -0.1) is 0 Å². The highest BCUT2D eigenvalue weighted by molar-refractivity contribution is 6.32. The van der Waals surface area contributed by atoms with Gasteiger partial charge in [0, 0.05) is 31.9 Å². The van der Waals surface area contributed by atoms with Crippen LogP contribution in [0.1, 0.15) is 28.4 Å². The molecular formula is C25H20ClF3N4O2. The zero-order valence-electron chi connectivity index (χ0n) is 18.6. The summed E-state index contributed by atoms with van der Waals surface area (Å²) in [5.74, 6) is 0.831. The number of halogens is 4. The summed E-state index contributed by atoms with van der Waals surface area (Å²) in [6, 6.07) is 13.5. The van der Waals surface area contributed by atoms with Gasteiger partial charge in [-0.3, -0.25) is 4.79 Å². The number of hydrogen-bond acceptors (Lipinski definition) is 5. The van der Waals surface area contributed by atoms with Crippen molar-refractivity contribution >= 4 is 29.0 Å². The number of ether oxygens (including phenoxy) is 1. The summed E-state index contributed by atoms with van der Waals surface area (Å²) in [4.78, 5) is 25.6. The van der Waals surface area contributed by atoms with Crippen LogP contribution < -0.4 is 4.74 Å². The molecule has 0 bridgehead atoms. The van der Waals surface area contributed by atoms with Crippen LogP contribution in [0.25, 0.3) is 0 Å². The maximum Gasteiger partial charge on any atom is 0.416 e. The van der Waals surface area contributed by atoms with Crippen LogP contribution in [0, 0.1) is 0 Å². The van der Waals surface area contributed by atoms with E-state index in [2.05, 4.69) is 4.98 Å². The van der Waals surface area contributed by atoms with Gasteiger partial charge in [0.15, 0.2) is 5.75 Å². The van der Waals surface area contributed by atoms with Crippen molar-refractivity contribution in [3.8, 4) is 11.5 Å². The van der Waals surface area contributed by atoms with Crippen LogP contribution in [0.2, 0.25) is 5.15 Å². The molecule has 0 spiro atoms. The Morgan fingerprint density at radius 3 is 2.63 bits per heavy atom. The van der Waals surface area contributed by atoms with Crippen LogP contribution in [0.3, 0.4) is 0 Å². The second-order valence-corrected chi connectivity index (χ2v) is 8.71. The van der Waals surface area contributed by atoms with Crippen molar-refractivity contribution in [2.75, 3.05) is 19.6 Å². The summed E-state index contributed by atoms with van der Waals surface area (Å²) in [7, 11) is 0. The fraction of sp³-hybridized carbons (Fsp3) is 0.240. The van der Waals surface area contributed by atoms with E-state index in [0.29, 0.717) is 48.0 Å². The summed E-state index contributed by atoms with van der Waals surface area (Å²) in [5.41, 5.74) is 0.508. The minimum atomic E-state index is -4.49. The Kier molecular flexibility index (Phi) is 5.88. The number of rotatable bonds is 1. The van der Waals surface area contributed by atoms with Crippen molar-refractivity contribution < 1.29 is 22.7 Å². The molecule has 1 saturated heterocycles. The molecule has 35 heavy (non-hydrogen) atoms. The lowest BCUT2D eigenvalue weighted by molar-refractivity contribution is -0.137. The van der Waals surface area contributed by atoms with Gasteiger partial charge in [-0.25, -0.2) is 9.98 Å². The number of aliphatic imine (C=N–C) groups is 1. The van der Waals surface area contributed by atoms with Gasteiger partial charge in [0.1, 0.15) is 22.4 Å². The van der Waals surface area contributed by atoms with Crippen molar-refractivity contribution in [3.63, 3.8) is 0 Å². The van der Waals surface area contributed by atoms with Gasteiger partial charge in [0.2, 0.25) is 0 Å². The van der Waals surface area contributed by atoms with Crippen LogP contribution in [0.5, 0.6) is 11.5 Å². The number of carbonyl (C=O) groups is 1. The lowest BCUT2D eigenvalue weighted by Gasteiger charge is -2.41. The predicted molar refractivity (Wildman–Crippen MR) is 125 cm³/mol. The Balaban J connectivity index is 1.47. The summed E-state index contributed by atoms with van der Waals surface area (Å²) in [6.07, 6.45) is -2.97. The monoisotopic (exact) mass is 500 g/mol. The molecule has 1 atom stereocenters. The normalized spacial score (nSPS) is 17.6. The van der Waals surface area contributed by atoms with Crippen LogP contribution in [0.15, 0.2) is 65.8 Å². The minimum absolute atomic E-state index is 0.0374. The Morgan fingerprint density at radius 1 is 1.09 bits per heavy atom. The summed E-state index contributed by atoms with van der Waals surface area (Å²) < 4.78 is 45.7. The molecule has 3 heterocycles. The third-order valence-electron chi connectivity index (χ3n) is 6.04. The molecule has 3 aromatic rings.